The van der Waals surface area contributed by atoms with Gasteiger partial charge in [0.15, 0.2) is 0 Å². The Morgan fingerprint density at radius 3 is 2.19 bits per heavy atom. The van der Waals surface area contributed by atoms with Crippen molar-refractivity contribution in [2.75, 3.05) is 18.0 Å². The van der Waals surface area contributed by atoms with Crippen molar-refractivity contribution in [2.45, 2.75) is 13.8 Å². The van der Waals surface area contributed by atoms with Crippen molar-refractivity contribution < 1.29 is 0 Å². The number of rotatable bonds is 3. The molecule has 86 valence electrons. The third-order valence-corrected chi connectivity index (χ3v) is 2.87. The maximum absolute atomic E-state index is 2.39. The molecular formula is C14H18BrN. The van der Waals surface area contributed by atoms with Gasteiger partial charge >= 0.3 is 0 Å². The van der Waals surface area contributed by atoms with E-state index in [0.29, 0.717) is 0 Å². The van der Waals surface area contributed by atoms with Gasteiger partial charge in [0, 0.05) is 24.2 Å². The van der Waals surface area contributed by atoms with E-state index >= 15 is 0 Å². The zero-order valence-electron chi connectivity index (χ0n) is 9.81. The van der Waals surface area contributed by atoms with Gasteiger partial charge in [-0.2, -0.15) is 0 Å². The molecule has 2 heteroatoms. The van der Waals surface area contributed by atoms with Crippen molar-refractivity contribution in [3.63, 3.8) is 0 Å². The molecule has 16 heavy (non-hydrogen) atoms. The van der Waals surface area contributed by atoms with Crippen molar-refractivity contribution in [3.8, 4) is 0 Å². The van der Waals surface area contributed by atoms with Crippen molar-refractivity contribution in [1.82, 2.24) is 0 Å². The van der Waals surface area contributed by atoms with E-state index in [1.165, 1.54) is 16.5 Å². The Hall–Kier alpha value is -1.02. The van der Waals surface area contributed by atoms with Crippen LogP contribution in [0.2, 0.25) is 0 Å². The topological polar surface area (TPSA) is 3.24 Å². The summed E-state index contributed by atoms with van der Waals surface area (Å²) >= 11 is 0. The molecule has 2 rings (SSSR count). The first kappa shape index (κ1) is 13.0. The summed E-state index contributed by atoms with van der Waals surface area (Å²) in [6, 6.07) is 15.1. The van der Waals surface area contributed by atoms with E-state index in [2.05, 4.69) is 61.2 Å². The SMILES string of the molecule is Br.CCN(CC)c1cccc2ccccc12. The molecule has 0 atom stereocenters. The maximum Gasteiger partial charge on any atom is 0.0445 e. The predicted octanol–water partition coefficient (Wildman–Crippen LogP) is 4.26. The van der Waals surface area contributed by atoms with Gasteiger partial charge in [0.1, 0.15) is 0 Å². The van der Waals surface area contributed by atoms with E-state index in [-0.39, 0.29) is 17.0 Å². The Kier molecular flexibility index (Phi) is 4.81. The largest absolute Gasteiger partial charge is 0.372 e. The molecule has 1 nitrogen and oxygen atoms in total. The van der Waals surface area contributed by atoms with E-state index < -0.39 is 0 Å². The van der Waals surface area contributed by atoms with Gasteiger partial charge in [0.25, 0.3) is 0 Å². The fraction of sp³-hybridized carbons (Fsp3) is 0.286. The van der Waals surface area contributed by atoms with E-state index in [1.807, 2.05) is 0 Å². The summed E-state index contributed by atoms with van der Waals surface area (Å²) in [6.45, 7) is 6.52. The Labute approximate surface area is 108 Å². The first-order valence-corrected chi connectivity index (χ1v) is 5.59. The van der Waals surface area contributed by atoms with Gasteiger partial charge < -0.3 is 4.90 Å². The molecular weight excluding hydrogens is 262 g/mol. The Morgan fingerprint density at radius 2 is 1.50 bits per heavy atom. The molecule has 0 unspecified atom stereocenters. The van der Waals surface area contributed by atoms with Gasteiger partial charge in [-0.15, -0.1) is 17.0 Å². The van der Waals surface area contributed by atoms with Crippen LogP contribution in [0.5, 0.6) is 0 Å². The van der Waals surface area contributed by atoms with Crippen LogP contribution >= 0.6 is 17.0 Å². The van der Waals surface area contributed by atoms with Crippen molar-refractivity contribution >= 4 is 33.4 Å². The number of benzene rings is 2. The second-order valence-corrected chi connectivity index (χ2v) is 3.67. The minimum Gasteiger partial charge on any atom is -0.372 e. The summed E-state index contributed by atoms with van der Waals surface area (Å²) < 4.78 is 0. The van der Waals surface area contributed by atoms with Crippen molar-refractivity contribution in [1.29, 1.82) is 0 Å². The van der Waals surface area contributed by atoms with Gasteiger partial charge in [0.2, 0.25) is 0 Å². The molecule has 0 saturated heterocycles. The molecule has 0 N–H and O–H groups in total. The van der Waals surface area contributed by atoms with Crippen LogP contribution in [0, 0.1) is 0 Å². The summed E-state index contributed by atoms with van der Waals surface area (Å²) in [6.07, 6.45) is 0. The first-order chi connectivity index (χ1) is 7.36. The number of fused-ring (bicyclic) bond motifs is 1. The lowest BCUT2D eigenvalue weighted by Crippen LogP contribution is -2.21. The highest BCUT2D eigenvalue weighted by atomic mass is 79.9. The highest BCUT2D eigenvalue weighted by molar-refractivity contribution is 8.93. The zero-order chi connectivity index (χ0) is 10.7. The van der Waals surface area contributed by atoms with Gasteiger partial charge in [-0.05, 0) is 25.3 Å². The highest BCUT2D eigenvalue weighted by Crippen LogP contribution is 2.26. The predicted molar refractivity (Wildman–Crippen MR) is 77.8 cm³/mol. The molecule has 0 aliphatic heterocycles. The van der Waals surface area contributed by atoms with Crippen LogP contribution in [0.25, 0.3) is 10.8 Å². The van der Waals surface area contributed by atoms with Crippen LogP contribution in [-0.2, 0) is 0 Å². The molecule has 2 aromatic rings. The first-order valence-electron chi connectivity index (χ1n) is 5.59. The van der Waals surface area contributed by atoms with Crippen LogP contribution in [0.15, 0.2) is 42.5 Å². The molecule has 0 aromatic heterocycles. The normalized spacial score (nSPS) is 9.88. The van der Waals surface area contributed by atoms with E-state index in [1.54, 1.807) is 0 Å². The van der Waals surface area contributed by atoms with Crippen LogP contribution in [0.1, 0.15) is 13.8 Å². The second-order valence-electron chi connectivity index (χ2n) is 3.67. The lowest BCUT2D eigenvalue weighted by Gasteiger charge is -2.22. The maximum atomic E-state index is 2.39. The molecule has 0 aliphatic rings. The molecule has 0 amide bonds. The summed E-state index contributed by atoms with van der Waals surface area (Å²) in [4.78, 5) is 2.39. The van der Waals surface area contributed by atoms with E-state index in [0.717, 1.165) is 13.1 Å². The summed E-state index contributed by atoms with van der Waals surface area (Å²) in [7, 11) is 0. The average Bonchev–Trinajstić information content (AvgIpc) is 2.31. The minimum atomic E-state index is 0. The van der Waals surface area contributed by atoms with Crippen molar-refractivity contribution in [2.24, 2.45) is 0 Å². The van der Waals surface area contributed by atoms with Gasteiger partial charge in [-0.25, -0.2) is 0 Å². The monoisotopic (exact) mass is 279 g/mol. The molecule has 2 aromatic carbocycles. The standard InChI is InChI=1S/C14H17N.BrH/c1-3-15(4-2)14-11-7-9-12-8-5-6-10-13(12)14;/h5-11H,3-4H2,1-2H3;1H. The van der Waals surface area contributed by atoms with Crippen LogP contribution in [0.3, 0.4) is 0 Å². The number of nitrogens with zero attached hydrogens (tertiary/aromatic N) is 1. The summed E-state index contributed by atoms with van der Waals surface area (Å²) in [5.74, 6) is 0. The smallest absolute Gasteiger partial charge is 0.0445 e. The van der Waals surface area contributed by atoms with Gasteiger partial charge in [-0.1, -0.05) is 36.4 Å². The fourth-order valence-corrected chi connectivity index (χ4v) is 2.05. The van der Waals surface area contributed by atoms with Crippen molar-refractivity contribution in [3.05, 3.63) is 42.5 Å². The molecule has 0 saturated carbocycles. The van der Waals surface area contributed by atoms with E-state index in [4.69, 9.17) is 0 Å². The lowest BCUT2D eigenvalue weighted by atomic mass is 10.1. The number of hydrogen-bond acceptors (Lipinski definition) is 1. The Bertz CT molecular complexity index is 444. The average molecular weight is 280 g/mol. The summed E-state index contributed by atoms with van der Waals surface area (Å²) in [5.41, 5.74) is 1.35. The van der Waals surface area contributed by atoms with Crippen LogP contribution in [-0.4, -0.2) is 13.1 Å². The molecule has 0 bridgehead atoms. The number of halogens is 1. The second kappa shape index (κ2) is 5.90. The third kappa shape index (κ3) is 2.38. The lowest BCUT2D eigenvalue weighted by molar-refractivity contribution is 0.870. The fourth-order valence-electron chi connectivity index (χ4n) is 2.05. The third-order valence-electron chi connectivity index (χ3n) is 2.87. The zero-order valence-corrected chi connectivity index (χ0v) is 11.5. The van der Waals surface area contributed by atoms with Gasteiger partial charge in [-0.3, -0.25) is 0 Å². The van der Waals surface area contributed by atoms with Gasteiger partial charge in [0.05, 0.1) is 0 Å². The molecule has 0 radical (unpaired) electrons. The van der Waals surface area contributed by atoms with Crippen LogP contribution < -0.4 is 4.90 Å². The minimum absolute atomic E-state index is 0. The van der Waals surface area contributed by atoms with Crippen LogP contribution in [0.4, 0.5) is 5.69 Å². The van der Waals surface area contributed by atoms with E-state index in [9.17, 15) is 0 Å². The number of anilines is 1. The Balaban J connectivity index is 0.00000128. The molecule has 0 aliphatic carbocycles. The number of hydrogen-bond donors (Lipinski definition) is 0. The Morgan fingerprint density at radius 1 is 0.875 bits per heavy atom. The molecule has 0 fully saturated rings. The summed E-state index contributed by atoms with van der Waals surface area (Å²) in [5, 5.41) is 2.67. The quantitative estimate of drug-likeness (QED) is 0.811. The highest BCUT2D eigenvalue weighted by Gasteiger charge is 2.05. The molecule has 0 heterocycles. The molecule has 0 spiro atoms.